The van der Waals surface area contributed by atoms with Crippen LogP contribution in [0.2, 0.25) is 5.02 Å². The minimum absolute atomic E-state index is 0.272. The molecule has 0 aromatic heterocycles. The maximum absolute atomic E-state index is 6.10. The maximum Gasteiger partial charge on any atom is 0.0455 e. The lowest BCUT2D eigenvalue weighted by Crippen LogP contribution is -2.42. The monoisotopic (exact) mass is 238 g/mol. The fourth-order valence-electron chi connectivity index (χ4n) is 2.24. The topological polar surface area (TPSA) is 38.0 Å². The zero-order valence-corrected chi connectivity index (χ0v) is 10.4. The molecule has 0 amide bonds. The zero-order chi connectivity index (χ0) is 11.5. The minimum atomic E-state index is 0.272. The Morgan fingerprint density at radius 1 is 1.31 bits per heavy atom. The average Bonchev–Trinajstić information content (AvgIpc) is 2.27. The zero-order valence-electron chi connectivity index (χ0n) is 9.67. The molecule has 1 saturated carbocycles. The molecule has 3 N–H and O–H groups in total. The molecule has 1 aromatic carbocycles. The van der Waals surface area contributed by atoms with Crippen LogP contribution in [0.3, 0.4) is 0 Å². The third-order valence-corrected chi connectivity index (χ3v) is 3.75. The molecule has 2 rings (SSSR count). The predicted molar refractivity (Wildman–Crippen MR) is 70.0 cm³/mol. The van der Waals surface area contributed by atoms with Crippen LogP contribution < -0.4 is 11.1 Å². The second kappa shape index (κ2) is 5.07. The number of hydrogen-bond acceptors (Lipinski definition) is 2. The third-order valence-electron chi connectivity index (χ3n) is 3.34. The number of nitrogens with two attached hydrogens (primary N) is 1. The van der Waals surface area contributed by atoms with Crippen molar-refractivity contribution in [1.29, 1.82) is 0 Å². The largest absolute Gasteiger partial charge is 0.381 e. The van der Waals surface area contributed by atoms with Crippen molar-refractivity contribution in [2.75, 3.05) is 5.32 Å². The van der Waals surface area contributed by atoms with Crippen molar-refractivity contribution >= 4 is 17.3 Å². The summed E-state index contributed by atoms with van der Waals surface area (Å²) in [6.07, 6.45) is 4.81. The van der Waals surface area contributed by atoms with Crippen molar-refractivity contribution in [2.45, 2.75) is 44.7 Å². The van der Waals surface area contributed by atoms with Gasteiger partial charge in [0, 0.05) is 22.8 Å². The van der Waals surface area contributed by atoms with Crippen molar-refractivity contribution in [3.63, 3.8) is 0 Å². The Morgan fingerprint density at radius 2 is 2.06 bits per heavy atom. The normalized spacial score (nSPS) is 25.4. The van der Waals surface area contributed by atoms with E-state index in [9.17, 15) is 0 Å². The fraction of sp³-hybridized carbons (Fsp3) is 0.538. The van der Waals surface area contributed by atoms with Crippen molar-refractivity contribution in [1.82, 2.24) is 0 Å². The molecule has 1 aliphatic rings. The fourth-order valence-corrected chi connectivity index (χ4v) is 2.42. The van der Waals surface area contributed by atoms with E-state index in [0.29, 0.717) is 6.04 Å². The first-order valence-corrected chi connectivity index (χ1v) is 6.33. The van der Waals surface area contributed by atoms with Crippen molar-refractivity contribution in [3.05, 3.63) is 28.8 Å². The predicted octanol–water partition coefficient (Wildman–Crippen LogP) is 3.33. The van der Waals surface area contributed by atoms with Gasteiger partial charge < -0.3 is 11.1 Å². The van der Waals surface area contributed by atoms with Crippen LogP contribution >= 0.6 is 11.6 Å². The molecule has 2 nitrogen and oxygen atoms in total. The molecule has 0 bridgehead atoms. The van der Waals surface area contributed by atoms with E-state index in [2.05, 4.69) is 11.4 Å². The van der Waals surface area contributed by atoms with E-state index in [1.54, 1.807) is 0 Å². The summed E-state index contributed by atoms with van der Waals surface area (Å²) in [4.78, 5) is 0. The van der Waals surface area contributed by atoms with E-state index in [1.165, 1.54) is 12.8 Å². The lowest BCUT2D eigenvalue weighted by atomic mass is 9.91. The maximum atomic E-state index is 6.10. The van der Waals surface area contributed by atoms with Gasteiger partial charge in [0.05, 0.1) is 0 Å². The van der Waals surface area contributed by atoms with Crippen LogP contribution in [0.15, 0.2) is 18.2 Å². The molecule has 88 valence electrons. The van der Waals surface area contributed by atoms with Crippen LogP contribution in [0.1, 0.15) is 31.2 Å². The van der Waals surface area contributed by atoms with Crippen molar-refractivity contribution in [2.24, 2.45) is 5.73 Å². The van der Waals surface area contributed by atoms with Gasteiger partial charge in [0.15, 0.2) is 0 Å². The molecule has 2 atom stereocenters. The molecule has 1 aliphatic carbocycles. The number of rotatable bonds is 2. The summed E-state index contributed by atoms with van der Waals surface area (Å²) >= 11 is 6.10. The van der Waals surface area contributed by atoms with Crippen LogP contribution in [0.4, 0.5) is 5.69 Å². The first-order valence-electron chi connectivity index (χ1n) is 5.95. The van der Waals surface area contributed by atoms with Crippen LogP contribution in [0, 0.1) is 6.92 Å². The Hall–Kier alpha value is -0.730. The number of anilines is 1. The summed E-state index contributed by atoms with van der Waals surface area (Å²) < 4.78 is 0. The first-order chi connectivity index (χ1) is 7.66. The standard InChI is InChI=1S/C13H19ClN2/c1-9-6-7-10(8-11(9)14)16-13-5-3-2-4-12(13)15/h6-8,12-13,16H,2-5,15H2,1H3/t12-,13+/m0/s1. The Kier molecular flexibility index (Phi) is 3.72. The Balaban J connectivity index is 2.05. The number of halogens is 1. The number of hydrogen-bond donors (Lipinski definition) is 2. The highest BCUT2D eigenvalue weighted by atomic mass is 35.5. The van der Waals surface area contributed by atoms with Gasteiger partial charge in [0.1, 0.15) is 0 Å². The van der Waals surface area contributed by atoms with Gasteiger partial charge in [-0.15, -0.1) is 0 Å². The Morgan fingerprint density at radius 3 is 2.75 bits per heavy atom. The van der Waals surface area contributed by atoms with E-state index in [4.69, 9.17) is 17.3 Å². The minimum Gasteiger partial charge on any atom is -0.381 e. The Bertz CT molecular complexity index is 365. The van der Waals surface area contributed by atoms with Crippen LogP contribution in [0.5, 0.6) is 0 Å². The molecule has 1 fully saturated rings. The molecule has 0 spiro atoms. The molecular formula is C13H19ClN2. The summed E-state index contributed by atoms with van der Waals surface area (Å²) in [6.45, 7) is 2.01. The van der Waals surface area contributed by atoms with E-state index < -0.39 is 0 Å². The molecule has 3 heteroatoms. The van der Waals surface area contributed by atoms with Gasteiger partial charge in [-0.1, -0.05) is 30.5 Å². The molecule has 0 heterocycles. The average molecular weight is 239 g/mol. The number of nitrogens with one attached hydrogen (secondary N) is 1. The quantitative estimate of drug-likeness (QED) is 0.830. The first kappa shape index (κ1) is 11.7. The number of aryl methyl sites for hydroxylation is 1. The lowest BCUT2D eigenvalue weighted by Gasteiger charge is -2.30. The summed E-state index contributed by atoms with van der Waals surface area (Å²) in [6, 6.07) is 6.76. The van der Waals surface area contributed by atoms with Crippen LogP contribution in [-0.4, -0.2) is 12.1 Å². The van der Waals surface area contributed by atoms with Gasteiger partial charge in [-0.2, -0.15) is 0 Å². The molecular weight excluding hydrogens is 220 g/mol. The van der Waals surface area contributed by atoms with Crippen LogP contribution in [0.25, 0.3) is 0 Å². The highest BCUT2D eigenvalue weighted by Gasteiger charge is 2.21. The molecule has 16 heavy (non-hydrogen) atoms. The van der Waals surface area contributed by atoms with Gasteiger partial charge in [-0.25, -0.2) is 0 Å². The SMILES string of the molecule is Cc1ccc(N[C@@H]2CCCC[C@@H]2N)cc1Cl. The molecule has 0 saturated heterocycles. The van der Waals surface area contributed by atoms with Gasteiger partial charge >= 0.3 is 0 Å². The van der Waals surface area contributed by atoms with E-state index in [1.807, 2.05) is 19.1 Å². The highest BCUT2D eigenvalue weighted by molar-refractivity contribution is 6.31. The van der Waals surface area contributed by atoms with Gasteiger partial charge in [0.2, 0.25) is 0 Å². The van der Waals surface area contributed by atoms with E-state index in [0.717, 1.165) is 29.1 Å². The molecule has 1 aromatic rings. The second-order valence-corrected chi connectivity index (χ2v) is 5.07. The van der Waals surface area contributed by atoms with Gasteiger partial charge in [0.25, 0.3) is 0 Å². The molecule has 0 unspecified atom stereocenters. The summed E-state index contributed by atoms with van der Waals surface area (Å²) in [5, 5.41) is 4.30. The molecule has 0 radical (unpaired) electrons. The van der Waals surface area contributed by atoms with Gasteiger partial charge in [-0.05, 0) is 37.5 Å². The van der Waals surface area contributed by atoms with E-state index in [-0.39, 0.29) is 6.04 Å². The second-order valence-electron chi connectivity index (χ2n) is 4.66. The van der Waals surface area contributed by atoms with Gasteiger partial charge in [-0.3, -0.25) is 0 Å². The summed E-state index contributed by atoms with van der Waals surface area (Å²) in [5.74, 6) is 0. The number of benzene rings is 1. The summed E-state index contributed by atoms with van der Waals surface area (Å²) in [7, 11) is 0. The van der Waals surface area contributed by atoms with Crippen molar-refractivity contribution < 1.29 is 0 Å². The smallest absolute Gasteiger partial charge is 0.0455 e. The lowest BCUT2D eigenvalue weighted by molar-refractivity contribution is 0.404. The molecule has 0 aliphatic heterocycles. The van der Waals surface area contributed by atoms with E-state index >= 15 is 0 Å². The Labute approximate surface area is 102 Å². The highest BCUT2D eigenvalue weighted by Crippen LogP contribution is 2.24. The van der Waals surface area contributed by atoms with Crippen molar-refractivity contribution in [3.8, 4) is 0 Å². The van der Waals surface area contributed by atoms with Crippen LogP contribution in [-0.2, 0) is 0 Å². The third kappa shape index (κ3) is 2.69. The summed E-state index contributed by atoms with van der Waals surface area (Å²) in [5.41, 5.74) is 8.29.